The summed E-state index contributed by atoms with van der Waals surface area (Å²) in [5, 5.41) is 4.45. The van der Waals surface area contributed by atoms with Gasteiger partial charge >= 0.3 is 0 Å². The maximum atomic E-state index is 2.62. The van der Waals surface area contributed by atoms with Crippen molar-refractivity contribution in [2.45, 2.75) is 26.4 Å². The van der Waals surface area contributed by atoms with E-state index < -0.39 is 8.07 Å². The van der Waals surface area contributed by atoms with Gasteiger partial charge in [-0.25, -0.2) is 0 Å². The summed E-state index contributed by atoms with van der Waals surface area (Å²) in [6.45, 7) is 9.13. The van der Waals surface area contributed by atoms with E-state index in [1.807, 2.05) is 0 Å². The number of hydrogen-bond donors (Lipinski definition) is 0. The predicted molar refractivity (Wildman–Crippen MR) is 116 cm³/mol. The van der Waals surface area contributed by atoms with E-state index in [2.05, 4.69) is 117 Å². The van der Waals surface area contributed by atoms with Crippen molar-refractivity contribution < 1.29 is 0 Å². The van der Waals surface area contributed by atoms with Gasteiger partial charge in [-0.3, -0.25) is 0 Å². The third-order valence-electron chi connectivity index (χ3n) is 5.67. The number of rotatable bonds is 7. The first kappa shape index (κ1) is 18.6. The zero-order valence-electron chi connectivity index (χ0n) is 16.1. The molecule has 0 radical (unpaired) electrons. The van der Waals surface area contributed by atoms with E-state index in [1.165, 1.54) is 15.6 Å². The van der Waals surface area contributed by atoms with Gasteiger partial charge in [-0.2, -0.15) is 0 Å². The lowest BCUT2D eigenvalue weighted by Gasteiger charge is -2.44. The van der Waals surface area contributed by atoms with Crippen LogP contribution in [0.15, 0.2) is 91.0 Å². The van der Waals surface area contributed by atoms with Gasteiger partial charge in [-0.15, -0.1) is 0 Å². The first-order valence-electron chi connectivity index (χ1n) is 9.65. The van der Waals surface area contributed by atoms with Crippen LogP contribution in [-0.2, 0) is 0 Å². The molecular formula is C24H29NSi. The molecule has 0 saturated heterocycles. The summed E-state index contributed by atoms with van der Waals surface area (Å²) in [5.41, 5.74) is 0.463. The Morgan fingerprint density at radius 1 is 0.615 bits per heavy atom. The summed E-state index contributed by atoms with van der Waals surface area (Å²) in [6, 6.07) is 33.6. The lowest BCUT2D eigenvalue weighted by molar-refractivity contribution is 0.286. The Morgan fingerprint density at radius 2 is 0.923 bits per heavy atom. The van der Waals surface area contributed by atoms with Gasteiger partial charge in [0.1, 0.15) is 0 Å². The van der Waals surface area contributed by atoms with Crippen LogP contribution < -0.4 is 15.6 Å². The van der Waals surface area contributed by atoms with Crippen LogP contribution in [0.5, 0.6) is 0 Å². The van der Waals surface area contributed by atoms with E-state index in [1.54, 1.807) is 0 Å². The molecule has 0 spiro atoms. The monoisotopic (exact) mass is 359 g/mol. The van der Waals surface area contributed by atoms with Crippen LogP contribution in [0.25, 0.3) is 0 Å². The summed E-state index contributed by atoms with van der Waals surface area (Å²) in [5.74, 6) is 0. The molecule has 2 heteroatoms. The molecule has 0 aliphatic carbocycles. The summed E-state index contributed by atoms with van der Waals surface area (Å²) < 4.78 is 0. The molecule has 0 aromatic heterocycles. The lowest BCUT2D eigenvalue weighted by Crippen LogP contribution is -2.76. The molecule has 3 aromatic rings. The van der Waals surface area contributed by atoms with Crippen LogP contribution in [0.2, 0.25) is 0 Å². The zero-order valence-corrected chi connectivity index (χ0v) is 17.1. The second kappa shape index (κ2) is 8.48. The van der Waals surface area contributed by atoms with E-state index in [4.69, 9.17) is 0 Å². The maximum Gasteiger partial charge on any atom is 0.164 e. The van der Waals surface area contributed by atoms with Crippen molar-refractivity contribution in [2.24, 2.45) is 0 Å². The predicted octanol–water partition coefficient (Wildman–Crippen LogP) is 3.43. The average molecular weight is 360 g/mol. The second-order valence-electron chi connectivity index (χ2n) is 6.80. The van der Waals surface area contributed by atoms with E-state index in [0.717, 1.165) is 13.1 Å². The number of nitrogens with zero attached hydrogens (tertiary/aromatic N) is 1. The summed E-state index contributed by atoms with van der Waals surface area (Å²) in [4.78, 5) is 2.62. The molecule has 0 saturated carbocycles. The standard InChI is InChI=1S/C24H29NSi/c1-4-25(5-2)21(3)26(22-15-9-6-10-16-22,23-17-11-7-12-18-23)24-19-13-8-14-20-24/h6-21H,4-5H2,1-3H3. The third-order valence-corrected chi connectivity index (χ3v) is 11.0. The van der Waals surface area contributed by atoms with Crippen LogP contribution in [0.4, 0.5) is 0 Å². The van der Waals surface area contributed by atoms with Gasteiger partial charge in [0.15, 0.2) is 8.07 Å². The quantitative estimate of drug-likeness (QED) is 0.461. The highest BCUT2D eigenvalue weighted by molar-refractivity contribution is 7.12. The van der Waals surface area contributed by atoms with E-state index >= 15 is 0 Å². The van der Waals surface area contributed by atoms with Crippen LogP contribution in [0, 0.1) is 0 Å². The molecule has 0 aliphatic heterocycles. The van der Waals surface area contributed by atoms with Crippen molar-refractivity contribution in [2.75, 3.05) is 13.1 Å². The topological polar surface area (TPSA) is 3.24 Å². The van der Waals surface area contributed by atoms with Gasteiger partial charge in [-0.05, 0) is 28.6 Å². The fourth-order valence-corrected chi connectivity index (χ4v) is 9.89. The molecule has 0 amide bonds. The smallest absolute Gasteiger partial charge is 0.164 e. The molecule has 0 bridgehead atoms. The van der Waals surface area contributed by atoms with Gasteiger partial charge in [0, 0.05) is 5.67 Å². The Bertz CT molecular complexity index is 686. The maximum absolute atomic E-state index is 2.62. The van der Waals surface area contributed by atoms with Crippen molar-refractivity contribution in [3.63, 3.8) is 0 Å². The Labute approximate surface area is 159 Å². The molecular weight excluding hydrogens is 330 g/mol. The van der Waals surface area contributed by atoms with Crippen molar-refractivity contribution >= 4 is 23.6 Å². The van der Waals surface area contributed by atoms with Crippen LogP contribution >= 0.6 is 0 Å². The summed E-state index contributed by atoms with van der Waals surface area (Å²) >= 11 is 0. The molecule has 134 valence electrons. The van der Waals surface area contributed by atoms with Gasteiger partial charge in [0.05, 0.1) is 0 Å². The first-order valence-corrected chi connectivity index (χ1v) is 11.7. The highest BCUT2D eigenvalue weighted by Crippen LogP contribution is 2.17. The highest BCUT2D eigenvalue weighted by atomic mass is 28.3. The molecule has 1 unspecified atom stereocenters. The van der Waals surface area contributed by atoms with E-state index in [-0.39, 0.29) is 0 Å². The first-order chi connectivity index (χ1) is 12.7. The summed E-state index contributed by atoms with van der Waals surface area (Å²) in [6.07, 6.45) is 0. The van der Waals surface area contributed by atoms with Crippen LogP contribution in [0.3, 0.4) is 0 Å². The van der Waals surface area contributed by atoms with Gasteiger partial charge in [-0.1, -0.05) is 112 Å². The molecule has 0 fully saturated rings. The van der Waals surface area contributed by atoms with Gasteiger partial charge < -0.3 is 4.90 Å². The largest absolute Gasteiger partial charge is 0.303 e. The molecule has 0 aliphatic rings. The fourth-order valence-electron chi connectivity index (χ4n) is 4.37. The fraction of sp³-hybridized carbons (Fsp3) is 0.250. The third kappa shape index (κ3) is 3.27. The number of hydrogen-bond acceptors (Lipinski definition) is 1. The van der Waals surface area contributed by atoms with Crippen molar-refractivity contribution in [1.82, 2.24) is 4.90 Å². The normalized spacial score (nSPS) is 12.9. The Kier molecular flexibility index (Phi) is 6.07. The minimum Gasteiger partial charge on any atom is -0.303 e. The lowest BCUT2D eigenvalue weighted by atomic mass is 10.3. The Balaban J connectivity index is 2.35. The number of benzene rings is 3. The van der Waals surface area contributed by atoms with Crippen molar-refractivity contribution in [1.29, 1.82) is 0 Å². The SMILES string of the molecule is CCN(CC)C(C)[Si](c1ccccc1)(c1ccccc1)c1ccccc1. The minimum atomic E-state index is -2.21. The Morgan fingerprint density at radius 3 is 1.19 bits per heavy atom. The van der Waals surface area contributed by atoms with Gasteiger partial charge in [0.2, 0.25) is 0 Å². The second-order valence-corrected chi connectivity index (χ2v) is 11.0. The van der Waals surface area contributed by atoms with Crippen molar-refractivity contribution in [3.05, 3.63) is 91.0 Å². The average Bonchev–Trinajstić information content (AvgIpc) is 2.72. The van der Waals surface area contributed by atoms with Crippen LogP contribution in [-0.4, -0.2) is 31.7 Å². The van der Waals surface area contributed by atoms with E-state index in [9.17, 15) is 0 Å². The molecule has 0 heterocycles. The summed E-state index contributed by atoms with van der Waals surface area (Å²) in [7, 11) is -2.21. The van der Waals surface area contributed by atoms with Gasteiger partial charge in [0.25, 0.3) is 0 Å². The molecule has 0 N–H and O–H groups in total. The molecule has 1 nitrogen and oxygen atoms in total. The van der Waals surface area contributed by atoms with Crippen LogP contribution in [0.1, 0.15) is 20.8 Å². The molecule has 3 aromatic carbocycles. The Hall–Kier alpha value is -2.16. The minimum absolute atomic E-state index is 0.463. The highest BCUT2D eigenvalue weighted by Gasteiger charge is 2.45. The molecule has 26 heavy (non-hydrogen) atoms. The zero-order chi connectivity index (χ0) is 18.4. The van der Waals surface area contributed by atoms with E-state index in [0.29, 0.717) is 5.67 Å². The molecule has 3 rings (SSSR count). The van der Waals surface area contributed by atoms with Crippen molar-refractivity contribution in [3.8, 4) is 0 Å². The molecule has 1 atom stereocenters.